The van der Waals surface area contributed by atoms with Crippen LogP contribution in [0, 0.1) is 0 Å². The molecular weight excluding hydrogens is 340 g/mol. The topological polar surface area (TPSA) is 41.8 Å². The van der Waals surface area contributed by atoms with Crippen LogP contribution in [0.15, 0.2) is 29.4 Å². The summed E-state index contributed by atoms with van der Waals surface area (Å²) in [4.78, 5) is 4.64. The Morgan fingerprint density at radius 2 is 1.54 bits per heavy atom. The number of rotatable bonds is 6. The number of hydrogen-bond acceptors (Lipinski definition) is 3. The fraction of sp³-hybridized carbons (Fsp3) is 0.533. The van der Waals surface area contributed by atoms with Crippen LogP contribution in [-0.2, 0) is 10.4 Å². The number of unbranched alkanes of at least 4 members (excludes halogenated alkanes) is 1. The lowest BCUT2D eigenvalue weighted by molar-refractivity contribution is -0.376. The first-order valence-corrected chi connectivity index (χ1v) is 7.05. The lowest BCUT2D eigenvalue weighted by Crippen LogP contribution is -2.53. The molecule has 0 unspecified atom stereocenters. The first kappa shape index (κ1) is 20.3. The van der Waals surface area contributed by atoms with Crippen molar-refractivity contribution in [3.63, 3.8) is 0 Å². The molecule has 0 atom stereocenters. The second kappa shape index (κ2) is 7.42. The van der Waals surface area contributed by atoms with Crippen molar-refractivity contribution in [3.05, 3.63) is 35.4 Å². The van der Waals surface area contributed by atoms with Crippen molar-refractivity contribution in [2.24, 2.45) is 5.16 Å². The summed E-state index contributed by atoms with van der Waals surface area (Å²) >= 11 is 0. The predicted molar refractivity (Wildman–Crippen MR) is 75.5 cm³/mol. The minimum atomic E-state index is -5.90. The van der Waals surface area contributed by atoms with E-state index in [1.165, 1.54) is 7.11 Å². The van der Waals surface area contributed by atoms with Crippen LogP contribution in [0.25, 0.3) is 0 Å². The van der Waals surface area contributed by atoms with E-state index in [4.69, 9.17) is 0 Å². The van der Waals surface area contributed by atoms with E-state index >= 15 is 0 Å². The van der Waals surface area contributed by atoms with Crippen LogP contribution in [0.1, 0.15) is 37.3 Å². The van der Waals surface area contributed by atoms with E-state index in [2.05, 4.69) is 9.99 Å². The number of benzene rings is 1. The van der Waals surface area contributed by atoms with Crippen LogP contribution in [-0.4, -0.2) is 30.3 Å². The Morgan fingerprint density at radius 1 is 1.04 bits per heavy atom. The summed E-state index contributed by atoms with van der Waals surface area (Å²) < 4.78 is 76.9. The molecule has 0 aliphatic carbocycles. The zero-order valence-corrected chi connectivity index (χ0v) is 13.0. The Hall–Kier alpha value is -1.77. The molecule has 24 heavy (non-hydrogen) atoms. The van der Waals surface area contributed by atoms with Crippen molar-refractivity contribution in [1.82, 2.24) is 0 Å². The van der Waals surface area contributed by atoms with Gasteiger partial charge in [-0.1, -0.05) is 42.8 Å². The summed E-state index contributed by atoms with van der Waals surface area (Å²) in [6.07, 6.45) is -9.81. The Labute approximate surface area is 134 Å². The molecule has 3 nitrogen and oxygen atoms in total. The van der Waals surface area contributed by atoms with Gasteiger partial charge in [-0.2, -0.15) is 26.3 Å². The highest BCUT2D eigenvalue weighted by molar-refractivity contribution is 6.00. The van der Waals surface area contributed by atoms with Crippen molar-refractivity contribution >= 4 is 5.71 Å². The van der Waals surface area contributed by atoms with Gasteiger partial charge in [-0.3, -0.25) is 0 Å². The molecular formula is C15H17F6NO2. The Kier molecular flexibility index (Phi) is 6.26. The van der Waals surface area contributed by atoms with Crippen molar-refractivity contribution in [2.45, 2.75) is 44.1 Å². The van der Waals surface area contributed by atoms with E-state index < -0.39 is 23.5 Å². The van der Waals surface area contributed by atoms with E-state index in [1.807, 2.05) is 6.92 Å². The third-order valence-corrected chi connectivity index (χ3v) is 3.43. The molecule has 9 heteroatoms. The number of nitrogens with zero attached hydrogens (tertiary/aromatic N) is 1. The van der Waals surface area contributed by atoms with Crippen LogP contribution < -0.4 is 0 Å². The molecule has 0 saturated heterocycles. The van der Waals surface area contributed by atoms with Gasteiger partial charge in [0.2, 0.25) is 0 Å². The van der Waals surface area contributed by atoms with E-state index in [-0.39, 0.29) is 0 Å². The van der Waals surface area contributed by atoms with E-state index in [1.54, 1.807) is 0 Å². The lowest BCUT2D eigenvalue weighted by Gasteiger charge is -2.32. The zero-order chi connectivity index (χ0) is 18.6. The SMILES string of the molecule is CCCCC(=NOC)c1ccc(C(O)(C(F)(F)F)C(F)(F)F)cc1. The van der Waals surface area contributed by atoms with Crippen LogP contribution in [0.3, 0.4) is 0 Å². The molecule has 0 heterocycles. The average Bonchev–Trinajstić information content (AvgIpc) is 2.48. The minimum Gasteiger partial charge on any atom is -0.399 e. The smallest absolute Gasteiger partial charge is 0.399 e. The van der Waals surface area contributed by atoms with Gasteiger partial charge < -0.3 is 9.94 Å². The van der Waals surface area contributed by atoms with Gasteiger partial charge in [0.1, 0.15) is 7.11 Å². The highest BCUT2D eigenvalue weighted by atomic mass is 19.4. The summed E-state index contributed by atoms with van der Waals surface area (Å²) in [5.74, 6) is 0. The van der Waals surface area contributed by atoms with E-state index in [0.29, 0.717) is 29.8 Å². The number of hydrogen-bond donors (Lipinski definition) is 1. The van der Waals surface area contributed by atoms with Crippen molar-refractivity contribution in [2.75, 3.05) is 7.11 Å². The van der Waals surface area contributed by atoms with E-state index in [0.717, 1.165) is 25.0 Å². The summed E-state index contributed by atoms with van der Waals surface area (Å²) in [5.41, 5.74) is -5.52. The molecule has 0 aliphatic rings. The van der Waals surface area contributed by atoms with Crippen molar-refractivity contribution in [1.29, 1.82) is 0 Å². The second-order valence-corrected chi connectivity index (χ2v) is 5.11. The first-order valence-electron chi connectivity index (χ1n) is 7.05. The molecule has 0 amide bonds. The fourth-order valence-corrected chi connectivity index (χ4v) is 2.09. The molecule has 0 aromatic heterocycles. The van der Waals surface area contributed by atoms with E-state index in [9.17, 15) is 31.4 Å². The summed E-state index contributed by atoms with van der Waals surface area (Å²) in [6.45, 7) is 1.92. The number of aliphatic hydroxyl groups is 1. The van der Waals surface area contributed by atoms with Gasteiger partial charge in [0, 0.05) is 5.56 Å². The standard InChI is InChI=1S/C15H17F6NO2/c1-3-4-5-12(22-24-2)10-6-8-11(9-7-10)13(23,14(16,17)18)15(19,20)21/h6-9,23H,3-5H2,1-2H3. The highest BCUT2D eigenvalue weighted by Gasteiger charge is 2.71. The third kappa shape index (κ3) is 4.00. The molecule has 136 valence electrons. The maximum absolute atomic E-state index is 12.8. The minimum absolute atomic E-state index is 0.320. The quantitative estimate of drug-likeness (QED) is 0.461. The van der Waals surface area contributed by atoms with Crippen LogP contribution in [0.4, 0.5) is 26.3 Å². The normalized spacial score (nSPS) is 14.0. The Morgan fingerprint density at radius 3 is 1.92 bits per heavy atom. The van der Waals surface area contributed by atoms with Crippen LogP contribution in [0.5, 0.6) is 0 Å². The molecule has 0 aliphatic heterocycles. The van der Waals surface area contributed by atoms with Gasteiger partial charge in [-0.05, 0) is 18.4 Å². The highest BCUT2D eigenvalue weighted by Crippen LogP contribution is 2.49. The predicted octanol–water partition coefficient (Wildman–Crippen LogP) is 4.54. The molecule has 1 aromatic rings. The maximum atomic E-state index is 12.8. The summed E-state index contributed by atoms with van der Waals surface area (Å²) in [5, 5.41) is 13.1. The van der Waals surface area contributed by atoms with Gasteiger partial charge in [-0.15, -0.1) is 0 Å². The zero-order valence-electron chi connectivity index (χ0n) is 13.0. The summed E-state index contributed by atoms with van der Waals surface area (Å²) in [6, 6.07) is 3.28. The molecule has 1 rings (SSSR count). The molecule has 0 radical (unpaired) electrons. The largest absolute Gasteiger partial charge is 0.430 e. The monoisotopic (exact) mass is 357 g/mol. The molecule has 0 spiro atoms. The third-order valence-electron chi connectivity index (χ3n) is 3.43. The Bertz CT molecular complexity index is 549. The Balaban J connectivity index is 3.27. The molecule has 1 N–H and O–H groups in total. The molecule has 0 saturated carbocycles. The van der Waals surface area contributed by atoms with Crippen LogP contribution >= 0.6 is 0 Å². The molecule has 0 bridgehead atoms. The lowest BCUT2D eigenvalue weighted by atomic mass is 9.90. The molecule has 1 aromatic carbocycles. The maximum Gasteiger partial charge on any atom is 0.430 e. The van der Waals surface area contributed by atoms with Gasteiger partial charge in [0.25, 0.3) is 5.60 Å². The van der Waals surface area contributed by atoms with Gasteiger partial charge in [-0.25, -0.2) is 0 Å². The van der Waals surface area contributed by atoms with Gasteiger partial charge >= 0.3 is 12.4 Å². The summed E-state index contributed by atoms with van der Waals surface area (Å²) in [7, 11) is 1.28. The molecule has 0 fully saturated rings. The van der Waals surface area contributed by atoms with Crippen LogP contribution in [0.2, 0.25) is 0 Å². The van der Waals surface area contributed by atoms with Crippen molar-refractivity contribution < 1.29 is 36.3 Å². The second-order valence-electron chi connectivity index (χ2n) is 5.11. The fourth-order valence-electron chi connectivity index (χ4n) is 2.09. The number of alkyl halides is 6. The number of oxime groups is 1. The van der Waals surface area contributed by atoms with Crippen molar-refractivity contribution in [3.8, 4) is 0 Å². The van der Waals surface area contributed by atoms with Gasteiger partial charge in [0.15, 0.2) is 0 Å². The first-order chi connectivity index (χ1) is 11.0. The number of halogens is 6. The average molecular weight is 357 g/mol. The van der Waals surface area contributed by atoms with Gasteiger partial charge in [0.05, 0.1) is 5.71 Å².